The van der Waals surface area contributed by atoms with Crippen LogP contribution in [0.15, 0.2) is 30.3 Å². The lowest BCUT2D eigenvalue weighted by molar-refractivity contribution is 0.165. The largest absolute Gasteiger partial charge is 0.314 e. The van der Waals surface area contributed by atoms with Crippen molar-refractivity contribution < 1.29 is 0 Å². The molecule has 0 radical (unpaired) electrons. The van der Waals surface area contributed by atoms with Crippen molar-refractivity contribution in [2.45, 2.75) is 19.5 Å². The molecule has 0 aliphatic carbocycles. The smallest absolute Gasteiger partial charge is 0.0237 e. The molecular formula is C12H19ClN2. The molecular weight excluding hydrogens is 208 g/mol. The molecule has 15 heavy (non-hydrogen) atoms. The third kappa shape index (κ3) is 3.49. The Hall–Kier alpha value is -0.570. The third-order valence-corrected chi connectivity index (χ3v) is 2.87. The number of hydrogen-bond acceptors (Lipinski definition) is 2. The van der Waals surface area contributed by atoms with Gasteiger partial charge in [0.15, 0.2) is 0 Å². The van der Waals surface area contributed by atoms with E-state index < -0.39 is 0 Å². The highest BCUT2D eigenvalue weighted by atomic mass is 35.5. The first-order valence-electron chi connectivity index (χ1n) is 5.35. The molecule has 0 bridgehead atoms. The molecule has 2 nitrogen and oxygen atoms in total. The Labute approximate surface area is 98.1 Å². The Bertz CT molecular complexity index is 276. The van der Waals surface area contributed by atoms with E-state index in [1.807, 2.05) is 0 Å². The molecule has 1 aliphatic rings. The number of nitrogens with zero attached hydrogens (tertiary/aromatic N) is 1. The molecule has 1 saturated heterocycles. The predicted octanol–water partition coefficient (Wildman–Crippen LogP) is 1.90. The summed E-state index contributed by atoms with van der Waals surface area (Å²) >= 11 is 0. The number of rotatable bonds is 2. The second-order valence-electron chi connectivity index (χ2n) is 4.01. The molecule has 1 aliphatic heterocycles. The lowest BCUT2D eigenvalue weighted by Gasteiger charge is -2.33. The Morgan fingerprint density at radius 2 is 2.07 bits per heavy atom. The van der Waals surface area contributed by atoms with Crippen LogP contribution in [0.4, 0.5) is 0 Å². The summed E-state index contributed by atoms with van der Waals surface area (Å²) in [5.41, 5.74) is 1.42. The number of nitrogens with one attached hydrogen (secondary N) is 1. The quantitative estimate of drug-likeness (QED) is 0.829. The maximum Gasteiger partial charge on any atom is 0.0237 e. The summed E-state index contributed by atoms with van der Waals surface area (Å²) in [4.78, 5) is 2.53. The van der Waals surface area contributed by atoms with E-state index in [4.69, 9.17) is 0 Å². The van der Waals surface area contributed by atoms with E-state index in [9.17, 15) is 0 Å². The SMILES string of the molecule is CC1CNCCN1Cc1ccccc1.Cl. The molecule has 1 heterocycles. The second-order valence-corrected chi connectivity index (χ2v) is 4.01. The molecule has 3 heteroatoms. The Balaban J connectivity index is 0.00000112. The van der Waals surface area contributed by atoms with Gasteiger partial charge in [-0.3, -0.25) is 4.90 Å². The molecule has 0 saturated carbocycles. The number of piperazine rings is 1. The average Bonchev–Trinajstić information content (AvgIpc) is 2.23. The Morgan fingerprint density at radius 1 is 1.33 bits per heavy atom. The van der Waals surface area contributed by atoms with Crippen LogP contribution >= 0.6 is 12.4 Å². The standard InChI is InChI=1S/C12H18N2.ClH/c1-11-9-13-7-8-14(11)10-12-5-3-2-4-6-12;/h2-6,11,13H,7-10H2,1H3;1H. The molecule has 1 aromatic carbocycles. The van der Waals surface area contributed by atoms with E-state index in [0.717, 1.165) is 26.2 Å². The number of halogens is 1. The van der Waals surface area contributed by atoms with Gasteiger partial charge >= 0.3 is 0 Å². The molecule has 1 N–H and O–H groups in total. The minimum absolute atomic E-state index is 0. The van der Waals surface area contributed by atoms with Crippen molar-refractivity contribution >= 4 is 12.4 Å². The fourth-order valence-electron chi connectivity index (χ4n) is 1.94. The van der Waals surface area contributed by atoms with Crippen LogP contribution in [-0.4, -0.2) is 30.6 Å². The van der Waals surface area contributed by atoms with Gasteiger partial charge in [0.2, 0.25) is 0 Å². The van der Waals surface area contributed by atoms with Crippen LogP contribution < -0.4 is 5.32 Å². The highest BCUT2D eigenvalue weighted by molar-refractivity contribution is 5.85. The van der Waals surface area contributed by atoms with Gasteiger partial charge in [-0.05, 0) is 12.5 Å². The lowest BCUT2D eigenvalue weighted by Crippen LogP contribution is -2.49. The molecule has 2 rings (SSSR count). The zero-order valence-electron chi connectivity index (χ0n) is 9.15. The topological polar surface area (TPSA) is 15.3 Å². The molecule has 0 spiro atoms. The Morgan fingerprint density at radius 3 is 2.73 bits per heavy atom. The molecule has 1 unspecified atom stereocenters. The van der Waals surface area contributed by atoms with Crippen molar-refractivity contribution in [3.8, 4) is 0 Å². The monoisotopic (exact) mass is 226 g/mol. The Kier molecular flexibility index (Phi) is 5.09. The van der Waals surface area contributed by atoms with Gasteiger partial charge in [0, 0.05) is 32.2 Å². The van der Waals surface area contributed by atoms with Crippen molar-refractivity contribution in [2.75, 3.05) is 19.6 Å². The van der Waals surface area contributed by atoms with Crippen LogP contribution in [0.3, 0.4) is 0 Å². The van der Waals surface area contributed by atoms with E-state index in [1.54, 1.807) is 0 Å². The third-order valence-electron chi connectivity index (χ3n) is 2.87. The van der Waals surface area contributed by atoms with Crippen LogP contribution in [0, 0.1) is 0 Å². The van der Waals surface area contributed by atoms with Crippen molar-refractivity contribution in [2.24, 2.45) is 0 Å². The van der Waals surface area contributed by atoms with E-state index in [0.29, 0.717) is 6.04 Å². The van der Waals surface area contributed by atoms with Crippen LogP contribution in [0.5, 0.6) is 0 Å². The summed E-state index contributed by atoms with van der Waals surface area (Å²) in [6.07, 6.45) is 0. The summed E-state index contributed by atoms with van der Waals surface area (Å²) in [6, 6.07) is 11.4. The first-order chi connectivity index (χ1) is 6.86. The number of hydrogen-bond donors (Lipinski definition) is 1. The van der Waals surface area contributed by atoms with Gasteiger partial charge in [-0.25, -0.2) is 0 Å². The molecule has 0 aromatic heterocycles. The summed E-state index contributed by atoms with van der Waals surface area (Å²) in [5, 5.41) is 3.41. The number of benzene rings is 1. The normalized spacial score (nSPS) is 22.1. The predicted molar refractivity (Wildman–Crippen MR) is 66.4 cm³/mol. The summed E-state index contributed by atoms with van der Waals surface area (Å²) in [5.74, 6) is 0. The van der Waals surface area contributed by atoms with Crippen molar-refractivity contribution in [1.82, 2.24) is 10.2 Å². The van der Waals surface area contributed by atoms with Crippen LogP contribution in [-0.2, 0) is 6.54 Å². The zero-order valence-corrected chi connectivity index (χ0v) is 9.96. The highest BCUT2D eigenvalue weighted by Crippen LogP contribution is 2.09. The molecule has 1 aromatic rings. The van der Waals surface area contributed by atoms with E-state index >= 15 is 0 Å². The van der Waals surface area contributed by atoms with Crippen molar-refractivity contribution in [3.05, 3.63) is 35.9 Å². The first-order valence-corrected chi connectivity index (χ1v) is 5.35. The maximum atomic E-state index is 3.41. The van der Waals surface area contributed by atoms with Gasteiger partial charge in [0.05, 0.1) is 0 Å². The summed E-state index contributed by atoms with van der Waals surface area (Å²) in [7, 11) is 0. The van der Waals surface area contributed by atoms with Crippen molar-refractivity contribution in [1.29, 1.82) is 0 Å². The maximum absolute atomic E-state index is 3.41. The minimum atomic E-state index is 0. The van der Waals surface area contributed by atoms with E-state index in [-0.39, 0.29) is 12.4 Å². The zero-order chi connectivity index (χ0) is 9.80. The average molecular weight is 227 g/mol. The van der Waals surface area contributed by atoms with Crippen molar-refractivity contribution in [3.63, 3.8) is 0 Å². The molecule has 84 valence electrons. The van der Waals surface area contributed by atoms with Gasteiger partial charge in [0.1, 0.15) is 0 Å². The fraction of sp³-hybridized carbons (Fsp3) is 0.500. The van der Waals surface area contributed by atoms with Gasteiger partial charge in [-0.1, -0.05) is 30.3 Å². The molecule has 1 fully saturated rings. The lowest BCUT2D eigenvalue weighted by atomic mass is 10.1. The van der Waals surface area contributed by atoms with Gasteiger partial charge in [-0.2, -0.15) is 0 Å². The minimum Gasteiger partial charge on any atom is -0.314 e. The van der Waals surface area contributed by atoms with Gasteiger partial charge < -0.3 is 5.32 Å². The van der Waals surface area contributed by atoms with Gasteiger partial charge in [0.25, 0.3) is 0 Å². The van der Waals surface area contributed by atoms with Crippen LogP contribution in [0.2, 0.25) is 0 Å². The second kappa shape index (κ2) is 6.11. The molecule has 0 amide bonds. The van der Waals surface area contributed by atoms with E-state index in [1.165, 1.54) is 5.56 Å². The first kappa shape index (κ1) is 12.5. The van der Waals surface area contributed by atoms with Crippen LogP contribution in [0.1, 0.15) is 12.5 Å². The van der Waals surface area contributed by atoms with Crippen LogP contribution in [0.25, 0.3) is 0 Å². The molecule has 1 atom stereocenters. The summed E-state index contributed by atoms with van der Waals surface area (Å²) < 4.78 is 0. The summed E-state index contributed by atoms with van der Waals surface area (Å²) in [6.45, 7) is 6.78. The fourth-order valence-corrected chi connectivity index (χ4v) is 1.94. The highest BCUT2D eigenvalue weighted by Gasteiger charge is 2.17. The van der Waals surface area contributed by atoms with Gasteiger partial charge in [-0.15, -0.1) is 12.4 Å². The van der Waals surface area contributed by atoms with E-state index in [2.05, 4.69) is 47.5 Å².